The molecule has 0 aliphatic heterocycles. The molecule has 1 saturated carbocycles. The van der Waals surface area contributed by atoms with Gasteiger partial charge in [-0.1, -0.05) is 0 Å². The van der Waals surface area contributed by atoms with Gasteiger partial charge in [0.25, 0.3) is 5.91 Å². The van der Waals surface area contributed by atoms with E-state index in [2.05, 4.69) is 5.10 Å². The first-order valence-electron chi connectivity index (χ1n) is 5.56. The predicted octanol–water partition coefficient (Wildman–Crippen LogP) is 0.498. The lowest BCUT2D eigenvalue weighted by atomic mass is 10.2. The molecule has 0 aromatic carbocycles. The van der Waals surface area contributed by atoms with Gasteiger partial charge >= 0.3 is 5.97 Å². The van der Waals surface area contributed by atoms with Crippen molar-refractivity contribution in [2.45, 2.75) is 31.8 Å². The van der Waals surface area contributed by atoms with E-state index in [0.717, 1.165) is 12.8 Å². The zero-order chi connectivity index (χ0) is 12.6. The molecule has 17 heavy (non-hydrogen) atoms. The van der Waals surface area contributed by atoms with E-state index >= 15 is 0 Å². The molecule has 2 rings (SSSR count). The van der Waals surface area contributed by atoms with Gasteiger partial charge in [0.05, 0.1) is 0 Å². The van der Waals surface area contributed by atoms with Crippen molar-refractivity contribution in [3.8, 4) is 0 Å². The van der Waals surface area contributed by atoms with Crippen LogP contribution in [0.2, 0.25) is 0 Å². The number of hydrogen-bond acceptors (Lipinski definition) is 3. The largest absolute Gasteiger partial charge is 0.480 e. The van der Waals surface area contributed by atoms with Crippen LogP contribution in [0.1, 0.15) is 30.3 Å². The first kappa shape index (κ1) is 11.6. The van der Waals surface area contributed by atoms with Crippen LogP contribution in [-0.2, 0) is 11.8 Å². The second-order valence-electron chi connectivity index (χ2n) is 4.30. The summed E-state index contributed by atoms with van der Waals surface area (Å²) < 4.78 is 1.46. The van der Waals surface area contributed by atoms with E-state index in [1.807, 2.05) is 0 Å². The van der Waals surface area contributed by atoms with E-state index in [9.17, 15) is 9.59 Å². The number of nitrogens with zero attached hydrogens (tertiary/aromatic N) is 3. The lowest BCUT2D eigenvalue weighted by Crippen LogP contribution is -2.45. The third-order valence-corrected chi connectivity index (χ3v) is 2.99. The third kappa shape index (κ3) is 2.15. The van der Waals surface area contributed by atoms with Crippen LogP contribution in [0.5, 0.6) is 0 Å². The molecule has 1 aliphatic carbocycles. The summed E-state index contributed by atoms with van der Waals surface area (Å²) >= 11 is 0. The second kappa shape index (κ2) is 4.20. The summed E-state index contributed by atoms with van der Waals surface area (Å²) in [5.41, 5.74) is 0.421. The van der Waals surface area contributed by atoms with Crippen molar-refractivity contribution in [3.05, 3.63) is 18.0 Å². The Kier molecular flexibility index (Phi) is 2.87. The van der Waals surface area contributed by atoms with Gasteiger partial charge in [0.2, 0.25) is 0 Å². The molecule has 1 aromatic heterocycles. The maximum absolute atomic E-state index is 12.3. The topological polar surface area (TPSA) is 75.4 Å². The minimum atomic E-state index is -0.979. The van der Waals surface area contributed by atoms with Gasteiger partial charge in [-0.15, -0.1) is 0 Å². The van der Waals surface area contributed by atoms with Crippen molar-refractivity contribution < 1.29 is 14.7 Å². The number of amides is 1. The smallest absolute Gasteiger partial charge is 0.326 e. The van der Waals surface area contributed by atoms with Crippen LogP contribution < -0.4 is 0 Å². The molecule has 92 valence electrons. The fourth-order valence-electron chi connectivity index (χ4n) is 1.85. The minimum Gasteiger partial charge on any atom is -0.480 e. The van der Waals surface area contributed by atoms with E-state index in [-0.39, 0.29) is 11.9 Å². The van der Waals surface area contributed by atoms with Crippen molar-refractivity contribution in [1.82, 2.24) is 14.7 Å². The normalized spacial score (nSPS) is 16.6. The Bertz CT molecular complexity index is 451. The van der Waals surface area contributed by atoms with E-state index < -0.39 is 12.0 Å². The quantitative estimate of drug-likeness (QED) is 0.827. The average Bonchev–Trinajstić information content (AvgIpc) is 3.00. The summed E-state index contributed by atoms with van der Waals surface area (Å²) in [7, 11) is 1.67. The molecule has 1 atom stereocenters. The summed E-state index contributed by atoms with van der Waals surface area (Å²) in [6.07, 6.45) is 3.28. The monoisotopic (exact) mass is 237 g/mol. The van der Waals surface area contributed by atoms with Gasteiger partial charge in [-0.05, 0) is 25.8 Å². The molecule has 1 N–H and O–H groups in total. The van der Waals surface area contributed by atoms with Crippen molar-refractivity contribution in [1.29, 1.82) is 0 Å². The van der Waals surface area contributed by atoms with Gasteiger partial charge in [-0.25, -0.2) is 4.79 Å². The molecular weight excluding hydrogens is 222 g/mol. The molecular formula is C11H15N3O3. The highest BCUT2D eigenvalue weighted by Gasteiger charge is 2.39. The number of aromatic nitrogens is 2. The minimum absolute atomic E-state index is 0.0588. The molecule has 1 heterocycles. The Balaban J connectivity index is 2.25. The predicted molar refractivity (Wildman–Crippen MR) is 59.5 cm³/mol. The molecule has 1 amide bonds. The summed E-state index contributed by atoms with van der Waals surface area (Å²) in [6, 6.07) is 0.861. The van der Waals surface area contributed by atoms with Gasteiger partial charge in [-0.3, -0.25) is 9.48 Å². The number of aliphatic carboxylic acids is 1. The lowest BCUT2D eigenvalue weighted by molar-refractivity contribution is -0.141. The Labute approximate surface area is 98.8 Å². The number of hydrogen-bond donors (Lipinski definition) is 1. The van der Waals surface area contributed by atoms with Crippen LogP contribution in [-0.4, -0.2) is 43.7 Å². The number of carboxylic acid groups (broad SMARTS) is 1. The highest BCUT2D eigenvalue weighted by molar-refractivity contribution is 5.95. The highest BCUT2D eigenvalue weighted by Crippen LogP contribution is 2.30. The number of aryl methyl sites for hydroxylation is 1. The Morgan fingerprint density at radius 2 is 2.24 bits per heavy atom. The van der Waals surface area contributed by atoms with Gasteiger partial charge < -0.3 is 10.0 Å². The molecule has 0 radical (unpaired) electrons. The van der Waals surface area contributed by atoms with Crippen LogP contribution in [0, 0.1) is 0 Å². The van der Waals surface area contributed by atoms with Crippen LogP contribution in [0.3, 0.4) is 0 Å². The van der Waals surface area contributed by atoms with E-state index in [4.69, 9.17) is 5.11 Å². The number of carboxylic acids is 1. The fourth-order valence-corrected chi connectivity index (χ4v) is 1.85. The summed E-state index contributed by atoms with van der Waals surface area (Å²) in [4.78, 5) is 24.7. The van der Waals surface area contributed by atoms with Crippen molar-refractivity contribution in [2.75, 3.05) is 0 Å². The number of rotatable bonds is 4. The Hall–Kier alpha value is -1.85. The maximum Gasteiger partial charge on any atom is 0.326 e. The van der Waals surface area contributed by atoms with Crippen molar-refractivity contribution in [3.63, 3.8) is 0 Å². The summed E-state index contributed by atoms with van der Waals surface area (Å²) in [6.45, 7) is 1.54. The molecule has 6 nitrogen and oxygen atoms in total. The molecule has 0 bridgehead atoms. The van der Waals surface area contributed by atoms with Crippen LogP contribution >= 0.6 is 0 Å². The SMILES string of the molecule is CC(C(=O)O)N(C(=O)c1ccnn1C)C1CC1. The van der Waals surface area contributed by atoms with E-state index in [1.165, 1.54) is 22.7 Å². The molecule has 1 aromatic rings. The van der Waals surface area contributed by atoms with E-state index in [1.54, 1.807) is 13.1 Å². The standard InChI is InChI=1S/C11H15N3O3/c1-7(11(16)17)14(8-3-4-8)10(15)9-5-6-12-13(9)2/h5-8H,3-4H2,1-2H3,(H,16,17). The molecule has 1 fully saturated rings. The Morgan fingerprint density at radius 3 is 2.65 bits per heavy atom. The van der Waals surface area contributed by atoms with Gasteiger partial charge in [0.15, 0.2) is 0 Å². The van der Waals surface area contributed by atoms with Crippen molar-refractivity contribution in [2.24, 2.45) is 7.05 Å². The Morgan fingerprint density at radius 1 is 1.59 bits per heavy atom. The average molecular weight is 237 g/mol. The molecule has 0 spiro atoms. The molecule has 6 heteroatoms. The fraction of sp³-hybridized carbons (Fsp3) is 0.545. The molecule has 1 aliphatic rings. The van der Waals surface area contributed by atoms with E-state index in [0.29, 0.717) is 5.69 Å². The summed E-state index contributed by atoms with van der Waals surface area (Å²) in [5.74, 6) is -1.24. The van der Waals surface area contributed by atoms with Gasteiger partial charge in [0.1, 0.15) is 11.7 Å². The number of carbonyl (C=O) groups is 2. The first-order chi connectivity index (χ1) is 8.02. The molecule has 1 unspecified atom stereocenters. The maximum atomic E-state index is 12.3. The first-order valence-corrected chi connectivity index (χ1v) is 5.56. The van der Waals surface area contributed by atoms with Crippen LogP contribution in [0.25, 0.3) is 0 Å². The zero-order valence-corrected chi connectivity index (χ0v) is 9.83. The van der Waals surface area contributed by atoms with Gasteiger partial charge in [-0.2, -0.15) is 5.10 Å². The summed E-state index contributed by atoms with van der Waals surface area (Å²) in [5, 5.41) is 13.0. The number of carbonyl (C=O) groups excluding carboxylic acids is 1. The lowest BCUT2D eigenvalue weighted by Gasteiger charge is -2.26. The van der Waals surface area contributed by atoms with Crippen molar-refractivity contribution >= 4 is 11.9 Å². The third-order valence-electron chi connectivity index (χ3n) is 2.99. The highest BCUT2D eigenvalue weighted by atomic mass is 16.4. The van der Waals surface area contributed by atoms with Gasteiger partial charge in [0, 0.05) is 19.3 Å². The van der Waals surface area contributed by atoms with Crippen LogP contribution in [0.4, 0.5) is 0 Å². The van der Waals surface area contributed by atoms with Crippen LogP contribution in [0.15, 0.2) is 12.3 Å². The molecule has 0 saturated heterocycles. The second-order valence-corrected chi connectivity index (χ2v) is 4.30. The zero-order valence-electron chi connectivity index (χ0n) is 9.83.